The van der Waals surface area contributed by atoms with Gasteiger partial charge in [-0.15, -0.1) is 0 Å². The lowest BCUT2D eigenvalue weighted by molar-refractivity contribution is 0.581. The molecule has 1 aromatic carbocycles. The predicted molar refractivity (Wildman–Crippen MR) is 91.2 cm³/mol. The molecule has 2 heterocycles. The third kappa shape index (κ3) is 3.87. The van der Waals surface area contributed by atoms with Gasteiger partial charge in [0, 0.05) is 30.6 Å². The van der Waals surface area contributed by atoms with E-state index in [1.165, 1.54) is 18.2 Å². The number of nitrogens with one attached hydrogen (secondary N) is 1. The van der Waals surface area contributed by atoms with Crippen molar-refractivity contribution >= 4 is 33.0 Å². The Morgan fingerprint density at radius 2 is 2.05 bits per heavy atom. The van der Waals surface area contributed by atoms with Crippen LogP contribution in [-0.4, -0.2) is 50.6 Å². The van der Waals surface area contributed by atoms with E-state index in [1.807, 2.05) is 22.7 Å². The van der Waals surface area contributed by atoms with Crippen LogP contribution in [0.25, 0.3) is 0 Å². The molecule has 1 atom stereocenters. The molecule has 0 aliphatic carbocycles. The summed E-state index contributed by atoms with van der Waals surface area (Å²) in [4.78, 5) is 1.83. The minimum atomic E-state index is -2.95. The average molecular weight is 344 g/mol. The molecule has 2 aliphatic rings. The fraction of sp³-hybridized carbons (Fsp3) is 0.600. The molecular formula is C15H21FN2O2S2. The van der Waals surface area contributed by atoms with Crippen molar-refractivity contribution in [1.82, 2.24) is 0 Å². The van der Waals surface area contributed by atoms with Crippen LogP contribution in [0.5, 0.6) is 0 Å². The second kappa shape index (κ2) is 6.66. The van der Waals surface area contributed by atoms with Gasteiger partial charge in [0.1, 0.15) is 5.82 Å². The summed E-state index contributed by atoms with van der Waals surface area (Å²) in [5.41, 5.74) is 1.42. The van der Waals surface area contributed by atoms with Crippen molar-refractivity contribution in [1.29, 1.82) is 0 Å². The fourth-order valence-corrected chi connectivity index (χ4v) is 5.16. The van der Waals surface area contributed by atoms with Gasteiger partial charge >= 0.3 is 0 Å². The number of sulfone groups is 1. The molecule has 0 spiro atoms. The third-order valence-corrected chi connectivity index (χ3v) is 6.99. The maximum absolute atomic E-state index is 14.1. The zero-order chi connectivity index (χ0) is 15.6. The molecule has 7 heteroatoms. The van der Waals surface area contributed by atoms with Crippen molar-refractivity contribution < 1.29 is 12.8 Å². The van der Waals surface area contributed by atoms with Crippen LogP contribution < -0.4 is 10.2 Å². The van der Waals surface area contributed by atoms with Gasteiger partial charge in [0.05, 0.1) is 17.2 Å². The Morgan fingerprint density at radius 3 is 2.73 bits per heavy atom. The normalized spacial score (nSPS) is 25.0. The standard InChI is InChI=1S/C15H21FN2O2S2/c16-14-4-3-12(17-13-2-1-7-21-11-13)10-15(14)18-5-8-22(19,20)9-6-18/h3-4,10,13,17H,1-2,5-9,11H2. The smallest absolute Gasteiger partial charge is 0.153 e. The number of thioether (sulfide) groups is 1. The molecule has 0 saturated carbocycles. The molecule has 1 N–H and O–H groups in total. The van der Waals surface area contributed by atoms with Gasteiger partial charge < -0.3 is 10.2 Å². The molecular weight excluding hydrogens is 323 g/mol. The highest BCUT2D eigenvalue weighted by Crippen LogP contribution is 2.27. The summed E-state index contributed by atoms with van der Waals surface area (Å²) in [7, 11) is -2.95. The van der Waals surface area contributed by atoms with Crippen molar-refractivity contribution in [2.75, 3.05) is 46.3 Å². The first-order valence-corrected chi connectivity index (χ1v) is 10.6. The number of halogens is 1. The largest absolute Gasteiger partial charge is 0.381 e. The van der Waals surface area contributed by atoms with E-state index in [2.05, 4.69) is 5.32 Å². The number of nitrogens with zero attached hydrogens (tertiary/aromatic N) is 1. The number of hydrogen-bond donors (Lipinski definition) is 1. The van der Waals surface area contributed by atoms with Crippen molar-refractivity contribution in [3.8, 4) is 0 Å². The second-order valence-electron chi connectivity index (χ2n) is 5.86. The fourth-order valence-electron chi connectivity index (χ4n) is 2.89. The molecule has 1 aromatic rings. The van der Waals surface area contributed by atoms with Crippen LogP contribution in [0, 0.1) is 5.82 Å². The molecule has 0 radical (unpaired) electrons. The van der Waals surface area contributed by atoms with Gasteiger partial charge in [-0.05, 0) is 36.8 Å². The molecule has 4 nitrogen and oxygen atoms in total. The second-order valence-corrected chi connectivity index (χ2v) is 9.32. The highest BCUT2D eigenvalue weighted by atomic mass is 32.2. The zero-order valence-corrected chi connectivity index (χ0v) is 14.1. The van der Waals surface area contributed by atoms with Crippen molar-refractivity contribution in [3.63, 3.8) is 0 Å². The highest BCUT2D eigenvalue weighted by Gasteiger charge is 2.24. The molecule has 2 fully saturated rings. The van der Waals surface area contributed by atoms with E-state index in [4.69, 9.17) is 0 Å². The number of benzene rings is 1. The first kappa shape index (κ1) is 15.9. The Hall–Kier alpha value is -0.950. The van der Waals surface area contributed by atoms with Gasteiger partial charge in [0.2, 0.25) is 0 Å². The Kier molecular flexibility index (Phi) is 4.82. The molecule has 2 aliphatic heterocycles. The monoisotopic (exact) mass is 344 g/mol. The first-order valence-electron chi connectivity index (χ1n) is 7.63. The van der Waals surface area contributed by atoms with Crippen LogP contribution in [0.2, 0.25) is 0 Å². The quantitative estimate of drug-likeness (QED) is 0.912. The molecule has 0 amide bonds. The van der Waals surface area contributed by atoms with Gasteiger partial charge in [-0.1, -0.05) is 0 Å². The third-order valence-electron chi connectivity index (χ3n) is 4.16. The first-order chi connectivity index (χ1) is 10.5. The number of rotatable bonds is 3. The zero-order valence-electron chi connectivity index (χ0n) is 12.4. The van der Waals surface area contributed by atoms with E-state index in [0.29, 0.717) is 24.8 Å². The van der Waals surface area contributed by atoms with Crippen molar-refractivity contribution in [2.24, 2.45) is 0 Å². The van der Waals surface area contributed by atoms with Crippen LogP contribution in [0.1, 0.15) is 12.8 Å². The molecule has 22 heavy (non-hydrogen) atoms. The summed E-state index contributed by atoms with van der Waals surface area (Å²) in [5.74, 6) is 2.21. The van der Waals surface area contributed by atoms with Crippen LogP contribution in [0.15, 0.2) is 18.2 Å². The van der Waals surface area contributed by atoms with Gasteiger partial charge in [-0.3, -0.25) is 0 Å². The Morgan fingerprint density at radius 1 is 1.27 bits per heavy atom. The summed E-state index contributed by atoms with van der Waals surface area (Å²) >= 11 is 1.94. The predicted octanol–water partition coefficient (Wildman–Crippen LogP) is 2.37. The van der Waals surface area contributed by atoms with Gasteiger partial charge in [0.25, 0.3) is 0 Å². The van der Waals surface area contributed by atoms with E-state index in [1.54, 1.807) is 6.07 Å². The molecule has 1 unspecified atom stereocenters. The number of anilines is 2. The summed E-state index contributed by atoms with van der Waals surface area (Å²) in [6.45, 7) is 0.726. The Bertz CT molecular complexity index is 616. The van der Waals surface area contributed by atoms with Crippen molar-refractivity contribution in [3.05, 3.63) is 24.0 Å². The van der Waals surface area contributed by atoms with Crippen LogP contribution in [0.3, 0.4) is 0 Å². The van der Waals surface area contributed by atoms with Gasteiger partial charge in [0.15, 0.2) is 9.84 Å². The minimum absolute atomic E-state index is 0.101. The minimum Gasteiger partial charge on any atom is -0.381 e. The van der Waals surface area contributed by atoms with Crippen LogP contribution >= 0.6 is 11.8 Å². The van der Waals surface area contributed by atoms with Gasteiger partial charge in [-0.2, -0.15) is 11.8 Å². The molecule has 0 bridgehead atoms. The molecule has 3 rings (SSSR count). The Balaban J connectivity index is 1.72. The Labute approximate surface area is 135 Å². The highest BCUT2D eigenvalue weighted by molar-refractivity contribution is 7.99. The van der Waals surface area contributed by atoms with Gasteiger partial charge in [-0.25, -0.2) is 12.8 Å². The molecule has 0 aromatic heterocycles. The summed E-state index contributed by atoms with van der Waals surface area (Å²) < 4.78 is 37.1. The lowest BCUT2D eigenvalue weighted by Gasteiger charge is -2.30. The van der Waals surface area contributed by atoms with Crippen LogP contribution in [0.4, 0.5) is 15.8 Å². The van der Waals surface area contributed by atoms with E-state index in [-0.39, 0.29) is 17.3 Å². The maximum atomic E-state index is 14.1. The van der Waals surface area contributed by atoms with E-state index in [9.17, 15) is 12.8 Å². The molecule has 2 saturated heterocycles. The average Bonchev–Trinajstić information content (AvgIpc) is 2.51. The molecule has 122 valence electrons. The van der Waals surface area contributed by atoms with Crippen molar-refractivity contribution in [2.45, 2.75) is 18.9 Å². The number of hydrogen-bond acceptors (Lipinski definition) is 5. The van der Waals surface area contributed by atoms with E-state index < -0.39 is 9.84 Å². The summed E-state index contributed by atoms with van der Waals surface area (Å²) in [6, 6.07) is 5.47. The topological polar surface area (TPSA) is 49.4 Å². The lowest BCUT2D eigenvalue weighted by atomic mass is 10.1. The maximum Gasteiger partial charge on any atom is 0.153 e. The summed E-state index contributed by atoms with van der Waals surface area (Å²) in [6.07, 6.45) is 2.35. The van der Waals surface area contributed by atoms with Crippen LogP contribution in [-0.2, 0) is 9.84 Å². The SMILES string of the molecule is O=S1(=O)CCN(c2cc(NC3CCCSC3)ccc2F)CC1. The lowest BCUT2D eigenvalue weighted by Crippen LogP contribution is -2.40. The van der Waals surface area contributed by atoms with E-state index in [0.717, 1.165) is 17.9 Å². The summed E-state index contributed by atoms with van der Waals surface area (Å²) in [5, 5.41) is 3.47. The van der Waals surface area contributed by atoms with E-state index >= 15 is 0 Å².